The number of hydrogen-bond acceptors (Lipinski definition) is 8. The van der Waals surface area contributed by atoms with Crippen LogP contribution in [0.5, 0.6) is 11.5 Å². The molecule has 2 aromatic heterocycles. The number of alkyl halides is 1. The third kappa shape index (κ3) is 8.21. The molecule has 0 bridgehead atoms. The van der Waals surface area contributed by atoms with Crippen molar-refractivity contribution in [3.63, 3.8) is 0 Å². The van der Waals surface area contributed by atoms with Gasteiger partial charge < -0.3 is 20.3 Å². The molecule has 210 valence electrons. The van der Waals surface area contributed by atoms with Crippen molar-refractivity contribution in [2.24, 2.45) is 5.73 Å². The number of carboxylic acid groups (broad SMARTS) is 1. The highest BCUT2D eigenvalue weighted by Gasteiger charge is 2.23. The van der Waals surface area contributed by atoms with Crippen molar-refractivity contribution < 1.29 is 23.8 Å². The Bertz CT molecular complexity index is 1470. The maximum absolute atomic E-state index is 12.8. The highest BCUT2D eigenvalue weighted by molar-refractivity contribution is 5.94. The van der Waals surface area contributed by atoms with Crippen molar-refractivity contribution in [2.75, 3.05) is 20.4 Å². The SMILES string of the molecule is CC(=O)O.COc1cc(OCCCF)cc(C(Cc2ccc(C(=N)N)cc2)c2nn(-c3ncccn3)c(=O)[nH]2)c1. The maximum atomic E-state index is 12.8. The summed E-state index contributed by atoms with van der Waals surface area (Å²) < 4.78 is 24.9. The number of rotatable bonds is 11. The van der Waals surface area contributed by atoms with Crippen LogP contribution < -0.4 is 20.9 Å². The van der Waals surface area contributed by atoms with Crippen LogP contribution in [-0.2, 0) is 11.2 Å². The number of hydrogen-bond donors (Lipinski definition) is 4. The first-order valence-electron chi connectivity index (χ1n) is 12.2. The van der Waals surface area contributed by atoms with Crippen LogP contribution in [0.25, 0.3) is 5.95 Å². The van der Waals surface area contributed by atoms with Gasteiger partial charge in [0.25, 0.3) is 11.9 Å². The van der Waals surface area contributed by atoms with Crippen molar-refractivity contribution in [2.45, 2.75) is 25.7 Å². The molecule has 1 unspecified atom stereocenters. The van der Waals surface area contributed by atoms with Gasteiger partial charge in [0.1, 0.15) is 23.2 Å². The molecule has 5 N–H and O–H groups in total. The molecular weight excluding hydrogens is 521 g/mol. The predicted octanol–water partition coefficient (Wildman–Crippen LogP) is 2.85. The molecule has 0 amide bonds. The Balaban J connectivity index is 0.00000103. The lowest BCUT2D eigenvalue weighted by molar-refractivity contribution is -0.134. The van der Waals surface area contributed by atoms with Crippen molar-refractivity contribution in [3.8, 4) is 17.4 Å². The molecule has 2 heterocycles. The van der Waals surface area contributed by atoms with E-state index in [1.165, 1.54) is 12.4 Å². The quantitative estimate of drug-likeness (QED) is 0.124. The van der Waals surface area contributed by atoms with E-state index < -0.39 is 24.3 Å². The van der Waals surface area contributed by atoms with E-state index in [-0.39, 0.29) is 24.8 Å². The van der Waals surface area contributed by atoms with E-state index in [1.807, 2.05) is 24.3 Å². The minimum atomic E-state index is -0.833. The van der Waals surface area contributed by atoms with Gasteiger partial charge in [0, 0.05) is 43.3 Å². The minimum absolute atomic E-state index is 0.0214. The molecule has 40 heavy (non-hydrogen) atoms. The topological polar surface area (TPSA) is 182 Å². The number of aromatic amines is 1. The fraction of sp³-hybridized carbons (Fsp3) is 0.259. The first-order valence-corrected chi connectivity index (χ1v) is 12.2. The summed E-state index contributed by atoms with van der Waals surface area (Å²) >= 11 is 0. The number of benzene rings is 2. The average Bonchev–Trinajstić information content (AvgIpc) is 3.33. The van der Waals surface area contributed by atoms with Crippen molar-refractivity contribution in [1.29, 1.82) is 5.41 Å². The molecule has 0 saturated carbocycles. The molecule has 0 aliphatic heterocycles. The van der Waals surface area contributed by atoms with Crippen molar-refractivity contribution in [1.82, 2.24) is 24.7 Å². The lowest BCUT2D eigenvalue weighted by atomic mass is 9.90. The summed E-state index contributed by atoms with van der Waals surface area (Å²) in [5.41, 5.74) is 7.43. The number of nitrogens with zero attached hydrogens (tertiary/aromatic N) is 4. The van der Waals surface area contributed by atoms with Crippen LogP contribution in [0.3, 0.4) is 0 Å². The number of ether oxygens (including phenoxy) is 2. The fourth-order valence-electron chi connectivity index (χ4n) is 3.70. The van der Waals surface area contributed by atoms with Gasteiger partial charge in [-0.1, -0.05) is 24.3 Å². The number of methoxy groups -OCH3 is 1. The van der Waals surface area contributed by atoms with Crippen LogP contribution in [0.15, 0.2) is 65.7 Å². The zero-order valence-electron chi connectivity index (χ0n) is 22.0. The van der Waals surface area contributed by atoms with Gasteiger partial charge in [0.2, 0.25) is 0 Å². The monoisotopic (exact) mass is 551 g/mol. The van der Waals surface area contributed by atoms with Gasteiger partial charge in [-0.15, -0.1) is 9.78 Å². The normalized spacial score (nSPS) is 11.2. The van der Waals surface area contributed by atoms with Gasteiger partial charge in [0.15, 0.2) is 0 Å². The molecule has 0 aliphatic rings. The number of nitrogens with one attached hydrogen (secondary N) is 2. The van der Waals surface area contributed by atoms with E-state index in [1.54, 1.807) is 31.4 Å². The average molecular weight is 552 g/mol. The summed E-state index contributed by atoms with van der Waals surface area (Å²) in [5, 5.41) is 19.5. The first kappa shape index (κ1) is 29.5. The zero-order chi connectivity index (χ0) is 29.1. The Hall–Kier alpha value is -5.07. The van der Waals surface area contributed by atoms with Crippen LogP contribution >= 0.6 is 0 Å². The molecule has 2 aromatic carbocycles. The summed E-state index contributed by atoms with van der Waals surface area (Å²) in [6, 6.07) is 14.3. The molecule has 0 radical (unpaired) electrons. The standard InChI is InChI=1S/C25H26FN7O3.C2H4O2/c1-35-19-13-18(14-20(15-19)36-11-2-8-26)21(12-16-4-6-17(7-5-16)22(27)28)23-31-25(34)33(32-23)24-29-9-3-10-30-24;1-2(3)4/h3-7,9-10,13-15,21H,2,8,11-12H2,1H3,(H3,27,28)(H,31,32,34);1H3,(H,3,4). The second-order valence-electron chi connectivity index (χ2n) is 8.50. The minimum Gasteiger partial charge on any atom is -0.497 e. The Kier molecular flexibility index (Phi) is 10.5. The summed E-state index contributed by atoms with van der Waals surface area (Å²) in [5.74, 6) is 0.341. The Labute approximate surface area is 229 Å². The molecule has 12 nitrogen and oxygen atoms in total. The Morgan fingerprint density at radius 2 is 1.82 bits per heavy atom. The number of nitrogen functional groups attached to an aromatic ring is 1. The highest BCUT2D eigenvalue weighted by Crippen LogP contribution is 2.32. The van der Waals surface area contributed by atoms with Gasteiger partial charge in [0.05, 0.1) is 20.4 Å². The van der Waals surface area contributed by atoms with Crippen LogP contribution in [0.2, 0.25) is 0 Å². The lowest BCUT2D eigenvalue weighted by Gasteiger charge is -2.18. The van der Waals surface area contributed by atoms with Crippen LogP contribution in [0.1, 0.15) is 41.8 Å². The van der Waals surface area contributed by atoms with Crippen molar-refractivity contribution in [3.05, 3.63) is 93.9 Å². The maximum Gasteiger partial charge on any atom is 0.350 e. The molecule has 0 aliphatic carbocycles. The largest absolute Gasteiger partial charge is 0.497 e. The van der Waals surface area contributed by atoms with Crippen LogP contribution in [0.4, 0.5) is 4.39 Å². The van der Waals surface area contributed by atoms with Gasteiger partial charge in [-0.25, -0.2) is 14.8 Å². The Morgan fingerprint density at radius 1 is 1.18 bits per heavy atom. The number of H-pyrrole nitrogens is 1. The summed E-state index contributed by atoms with van der Waals surface area (Å²) in [6.45, 7) is 0.826. The predicted molar refractivity (Wildman–Crippen MR) is 145 cm³/mol. The van der Waals surface area contributed by atoms with Gasteiger partial charge in [-0.2, -0.15) is 0 Å². The number of carbonyl (C=O) groups is 1. The second-order valence-corrected chi connectivity index (χ2v) is 8.50. The molecule has 0 fully saturated rings. The second kappa shape index (κ2) is 14.2. The third-order valence-electron chi connectivity index (χ3n) is 5.50. The lowest BCUT2D eigenvalue weighted by Crippen LogP contribution is -2.18. The molecule has 13 heteroatoms. The molecular formula is C27H30FN7O5. The van der Waals surface area contributed by atoms with Gasteiger partial charge in [-0.05, 0) is 35.7 Å². The number of nitrogens with two attached hydrogens (primary N) is 1. The number of aliphatic carboxylic acids is 1. The molecule has 4 rings (SSSR count). The summed E-state index contributed by atoms with van der Waals surface area (Å²) in [6.07, 6.45) is 3.78. The highest BCUT2D eigenvalue weighted by atomic mass is 19.1. The summed E-state index contributed by atoms with van der Waals surface area (Å²) in [4.78, 5) is 32.8. The van der Waals surface area contributed by atoms with Crippen molar-refractivity contribution >= 4 is 11.8 Å². The van der Waals surface area contributed by atoms with Crippen LogP contribution in [0, 0.1) is 5.41 Å². The molecule has 4 aromatic rings. The summed E-state index contributed by atoms with van der Waals surface area (Å²) in [7, 11) is 1.54. The van der Waals surface area contributed by atoms with E-state index in [4.69, 9.17) is 30.5 Å². The number of carboxylic acids is 1. The smallest absolute Gasteiger partial charge is 0.350 e. The molecule has 1 atom stereocenters. The first-order chi connectivity index (χ1) is 19.2. The van der Waals surface area contributed by atoms with Gasteiger partial charge in [-0.3, -0.25) is 19.6 Å². The van der Waals surface area contributed by atoms with E-state index in [9.17, 15) is 9.18 Å². The van der Waals surface area contributed by atoms with E-state index in [2.05, 4.69) is 20.1 Å². The van der Waals surface area contributed by atoms with Crippen LogP contribution in [-0.4, -0.2) is 62.0 Å². The molecule has 0 spiro atoms. The Morgan fingerprint density at radius 3 is 2.42 bits per heavy atom. The number of aromatic nitrogens is 5. The van der Waals surface area contributed by atoms with Gasteiger partial charge >= 0.3 is 5.69 Å². The molecule has 0 saturated heterocycles. The number of amidine groups is 1. The van der Waals surface area contributed by atoms with E-state index in [0.717, 1.165) is 22.7 Å². The number of halogens is 1. The van der Waals surface area contributed by atoms with E-state index in [0.29, 0.717) is 29.3 Å². The zero-order valence-corrected chi connectivity index (χ0v) is 22.0. The van der Waals surface area contributed by atoms with E-state index >= 15 is 0 Å². The fourth-order valence-corrected chi connectivity index (χ4v) is 3.70. The third-order valence-corrected chi connectivity index (χ3v) is 5.50.